The number of amides is 1. The van der Waals surface area contributed by atoms with E-state index >= 15 is 0 Å². The van der Waals surface area contributed by atoms with Gasteiger partial charge in [0.05, 0.1) is 27.5 Å². The van der Waals surface area contributed by atoms with Crippen LogP contribution in [0.2, 0.25) is 5.02 Å². The van der Waals surface area contributed by atoms with Gasteiger partial charge in [-0.3, -0.25) is 9.59 Å². The third kappa shape index (κ3) is 6.58. The molecule has 0 aliphatic carbocycles. The molecule has 0 unspecified atom stereocenters. The molecule has 2 heterocycles. The molecule has 0 bridgehead atoms. The molecule has 1 aromatic carbocycles. The number of nitrogens with one attached hydrogen (secondary N) is 1. The van der Waals surface area contributed by atoms with Gasteiger partial charge in [-0.25, -0.2) is 8.42 Å². The summed E-state index contributed by atoms with van der Waals surface area (Å²) in [6.07, 6.45) is -2.80. The van der Waals surface area contributed by atoms with Crippen molar-refractivity contribution in [2.24, 2.45) is 5.92 Å². The van der Waals surface area contributed by atoms with Gasteiger partial charge >= 0.3 is 12.1 Å². The van der Waals surface area contributed by atoms with Gasteiger partial charge in [-0.2, -0.15) is 17.5 Å². The van der Waals surface area contributed by atoms with Crippen molar-refractivity contribution in [3.05, 3.63) is 28.8 Å². The minimum absolute atomic E-state index is 0.0382. The summed E-state index contributed by atoms with van der Waals surface area (Å²) in [7, 11) is -4.21. The monoisotopic (exact) mass is 512 g/mol. The number of halogens is 4. The van der Waals surface area contributed by atoms with Crippen LogP contribution in [0.5, 0.6) is 0 Å². The maximum Gasteiger partial charge on any atom is 0.417 e. The van der Waals surface area contributed by atoms with Crippen molar-refractivity contribution < 1.29 is 40.7 Å². The van der Waals surface area contributed by atoms with Crippen LogP contribution in [0.25, 0.3) is 0 Å². The molecule has 0 aromatic heterocycles. The molecule has 1 atom stereocenters. The van der Waals surface area contributed by atoms with Gasteiger partial charge < -0.3 is 14.8 Å². The number of hydrogen-bond acceptors (Lipinski definition) is 6. The van der Waals surface area contributed by atoms with Crippen LogP contribution < -0.4 is 5.32 Å². The first-order chi connectivity index (χ1) is 15.5. The van der Waals surface area contributed by atoms with Crippen molar-refractivity contribution in [3.8, 4) is 0 Å². The van der Waals surface area contributed by atoms with Gasteiger partial charge in [-0.05, 0) is 43.9 Å². The summed E-state index contributed by atoms with van der Waals surface area (Å²) >= 11 is 5.56. The fourth-order valence-electron chi connectivity index (χ4n) is 3.70. The number of carbonyl (C=O) groups excluding carboxylic acids is 2. The smallest absolute Gasteiger partial charge is 0.417 e. The van der Waals surface area contributed by atoms with E-state index in [9.17, 15) is 31.2 Å². The van der Waals surface area contributed by atoms with Crippen molar-refractivity contribution >= 4 is 33.5 Å². The van der Waals surface area contributed by atoms with Crippen molar-refractivity contribution in [2.45, 2.75) is 42.9 Å². The SMILES string of the molecule is O=C(COC(=O)C1CCN(S(=O)(=O)c2ccc(Cl)c(C(F)(F)F)c2)CC1)NC[C@@H]1CCCO1. The van der Waals surface area contributed by atoms with E-state index in [1.54, 1.807) is 0 Å². The minimum Gasteiger partial charge on any atom is -0.455 e. The Hall–Kier alpha value is -1.89. The Morgan fingerprint density at radius 1 is 1.21 bits per heavy atom. The summed E-state index contributed by atoms with van der Waals surface area (Å²) in [6.45, 7) is 0.405. The van der Waals surface area contributed by atoms with E-state index in [2.05, 4.69) is 5.32 Å². The van der Waals surface area contributed by atoms with Crippen LogP contribution in [0.4, 0.5) is 13.2 Å². The molecule has 13 heteroatoms. The van der Waals surface area contributed by atoms with E-state index in [1.807, 2.05) is 0 Å². The first-order valence-corrected chi connectivity index (χ1v) is 12.2. The molecule has 1 N–H and O–H groups in total. The number of esters is 1. The molecule has 33 heavy (non-hydrogen) atoms. The highest BCUT2D eigenvalue weighted by atomic mass is 35.5. The Morgan fingerprint density at radius 2 is 1.91 bits per heavy atom. The summed E-state index contributed by atoms with van der Waals surface area (Å²) in [5, 5.41) is 2.03. The fourth-order valence-corrected chi connectivity index (χ4v) is 5.42. The highest BCUT2D eigenvalue weighted by Gasteiger charge is 2.37. The molecule has 184 valence electrons. The highest BCUT2D eigenvalue weighted by molar-refractivity contribution is 7.89. The Kier molecular flexibility index (Phi) is 8.25. The second kappa shape index (κ2) is 10.6. The van der Waals surface area contributed by atoms with Gasteiger partial charge in [0, 0.05) is 26.2 Å². The van der Waals surface area contributed by atoms with Gasteiger partial charge in [0.1, 0.15) is 0 Å². The summed E-state index contributed by atoms with van der Waals surface area (Å²) in [5.41, 5.74) is -1.23. The quantitative estimate of drug-likeness (QED) is 0.563. The number of sulfonamides is 1. The van der Waals surface area contributed by atoms with Crippen molar-refractivity contribution in [1.29, 1.82) is 0 Å². The lowest BCUT2D eigenvalue weighted by molar-refractivity contribution is -0.153. The molecule has 1 amide bonds. The van der Waals surface area contributed by atoms with Crippen LogP contribution in [0.3, 0.4) is 0 Å². The number of hydrogen-bond donors (Lipinski definition) is 1. The number of benzene rings is 1. The first kappa shape index (κ1) is 25.7. The van der Waals surface area contributed by atoms with Crippen LogP contribution in [-0.2, 0) is 35.3 Å². The number of ether oxygens (including phenoxy) is 2. The summed E-state index contributed by atoms with van der Waals surface area (Å²) in [5.74, 6) is -1.69. The zero-order chi connectivity index (χ0) is 24.2. The molecule has 2 fully saturated rings. The van der Waals surface area contributed by atoms with E-state index in [1.165, 1.54) is 0 Å². The predicted octanol–water partition coefficient (Wildman–Crippen LogP) is 2.60. The van der Waals surface area contributed by atoms with Crippen LogP contribution in [0.1, 0.15) is 31.2 Å². The predicted molar refractivity (Wildman–Crippen MR) is 111 cm³/mol. The molecule has 0 saturated carbocycles. The lowest BCUT2D eigenvalue weighted by Gasteiger charge is -2.30. The zero-order valence-electron chi connectivity index (χ0n) is 17.6. The summed E-state index contributed by atoms with van der Waals surface area (Å²) < 4.78 is 76.2. The minimum atomic E-state index is -4.80. The van der Waals surface area contributed by atoms with Gasteiger partial charge in [-0.1, -0.05) is 11.6 Å². The van der Waals surface area contributed by atoms with E-state index in [4.69, 9.17) is 21.1 Å². The largest absolute Gasteiger partial charge is 0.455 e. The second-order valence-electron chi connectivity index (χ2n) is 7.86. The van der Waals surface area contributed by atoms with Crippen LogP contribution >= 0.6 is 11.6 Å². The lowest BCUT2D eigenvalue weighted by Crippen LogP contribution is -2.41. The topological polar surface area (TPSA) is 102 Å². The van der Waals surface area contributed by atoms with Gasteiger partial charge in [0.15, 0.2) is 6.61 Å². The zero-order valence-corrected chi connectivity index (χ0v) is 19.1. The Balaban J connectivity index is 1.50. The molecule has 0 radical (unpaired) electrons. The normalized spacial score (nSPS) is 20.5. The molecular formula is C20H24ClF3N2O6S. The third-order valence-corrected chi connectivity index (χ3v) is 7.79. The van der Waals surface area contributed by atoms with Crippen molar-refractivity contribution in [1.82, 2.24) is 9.62 Å². The van der Waals surface area contributed by atoms with E-state index in [0.717, 1.165) is 29.3 Å². The van der Waals surface area contributed by atoms with Gasteiger partial charge in [-0.15, -0.1) is 0 Å². The van der Waals surface area contributed by atoms with Gasteiger partial charge in [0.2, 0.25) is 10.0 Å². The molecule has 8 nitrogen and oxygen atoms in total. The van der Waals surface area contributed by atoms with E-state index in [0.29, 0.717) is 19.2 Å². The summed E-state index contributed by atoms with van der Waals surface area (Å²) in [4.78, 5) is 23.6. The number of alkyl halides is 3. The third-order valence-electron chi connectivity index (χ3n) is 5.56. The molecule has 2 aliphatic heterocycles. The number of carbonyl (C=O) groups is 2. The molecule has 1 aromatic rings. The maximum atomic E-state index is 13.1. The first-order valence-electron chi connectivity index (χ1n) is 10.4. The Bertz CT molecular complexity index is 975. The fraction of sp³-hybridized carbons (Fsp3) is 0.600. The van der Waals surface area contributed by atoms with Crippen LogP contribution in [0, 0.1) is 5.92 Å². The Labute approximate surface area is 194 Å². The average molecular weight is 513 g/mol. The summed E-state index contributed by atoms with van der Waals surface area (Å²) in [6, 6.07) is 2.42. The Morgan fingerprint density at radius 3 is 2.52 bits per heavy atom. The van der Waals surface area contributed by atoms with E-state index in [-0.39, 0.29) is 32.0 Å². The number of nitrogens with zero attached hydrogens (tertiary/aromatic N) is 1. The number of rotatable bonds is 7. The average Bonchev–Trinajstić information content (AvgIpc) is 3.29. The lowest BCUT2D eigenvalue weighted by atomic mass is 9.98. The molecule has 2 aliphatic rings. The highest BCUT2D eigenvalue weighted by Crippen LogP contribution is 2.36. The molecule has 0 spiro atoms. The standard InChI is InChI=1S/C20H24ClF3N2O6S/c21-17-4-3-15(10-16(17)20(22,23)24)33(29,30)26-7-5-13(6-8-26)19(28)32-12-18(27)25-11-14-2-1-9-31-14/h3-4,10,13-14H,1-2,5-9,11-12H2,(H,25,27)/t14-/m0/s1. The van der Waals surface area contributed by atoms with Crippen LogP contribution in [0.15, 0.2) is 23.1 Å². The molecule has 2 saturated heterocycles. The second-order valence-corrected chi connectivity index (χ2v) is 10.2. The van der Waals surface area contributed by atoms with Crippen molar-refractivity contribution in [2.75, 3.05) is 32.8 Å². The molecular weight excluding hydrogens is 489 g/mol. The van der Waals surface area contributed by atoms with Gasteiger partial charge in [0.25, 0.3) is 5.91 Å². The molecule has 3 rings (SSSR count). The number of piperidine rings is 1. The van der Waals surface area contributed by atoms with Crippen LogP contribution in [-0.4, -0.2) is 63.6 Å². The van der Waals surface area contributed by atoms with Crippen molar-refractivity contribution in [3.63, 3.8) is 0 Å². The van der Waals surface area contributed by atoms with E-state index < -0.39 is 56.1 Å². The maximum absolute atomic E-state index is 13.1.